The fourth-order valence-electron chi connectivity index (χ4n) is 11.3. The van der Waals surface area contributed by atoms with E-state index < -0.39 is 13.9 Å². The number of fused-ring (bicyclic) bond motifs is 5. The van der Waals surface area contributed by atoms with Crippen LogP contribution < -0.4 is 10.6 Å². The molecule has 2 fully saturated rings. The van der Waals surface area contributed by atoms with E-state index in [1.54, 1.807) is 50.3 Å². The number of allylic oxidation sites excluding steroid dienone is 4. The zero-order valence-corrected chi connectivity index (χ0v) is 44.2. The van der Waals surface area contributed by atoms with Crippen LogP contribution in [0.4, 0.5) is 22.1 Å². The molecule has 72 heavy (non-hydrogen) atoms. The fraction of sp³-hybridized carbons (Fsp3) is 0.500. The highest BCUT2D eigenvalue weighted by Crippen LogP contribution is 2.41. The molecule has 386 valence electrons. The topological polar surface area (TPSA) is 108 Å². The number of carbonyl (C=O) groups excluding carboxylic acids is 4. The number of nitrogens with one attached hydrogen (secondary N) is 2. The summed E-state index contributed by atoms with van der Waals surface area (Å²) in [5.41, 5.74) is 8.82. The van der Waals surface area contributed by atoms with Gasteiger partial charge < -0.3 is 45.8 Å². The first-order valence-electron chi connectivity index (χ1n) is 26.3. The fourth-order valence-corrected chi connectivity index (χ4v) is 11.3. The molecule has 3 atom stereocenters. The third kappa shape index (κ3) is 10.8. The smallest absolute Gasteiger partial charge is 0.394 e. The van der Waals surface area contributed by atoms with Crippen LogP contribution >= 0.6 is 0 Å². The minimum atomic E-state index is -4.05. The Balaban J connectivity index is 0.000000165. The molecular formula is C56H74B2F4N6O4. The van der Waals surface area contributed by atoms with Gasteiger partial charge in [-0.05, 0) is 106 Å². The number of aryl methyl sites for hydroxylation is 3. The Morgan fingerprint density at radius 3 is 2.00 bits per heavy atom. The summed E-state index contributed by atoms with van der Waals surface area (Å²) in [7, 11) is 0. The van der Waals surface area contributed by atoms with Crippen molar-refractivity contribution in [1.29, 1.82) is 0 Å². The summed E-state index contributed by atoms with van der Waals surface area (Å²) in [5, 5.41) is 5.98. The molecule has 7 heterocycles. The number of urea groups is 1. The number of carbonyl (C=O) groups is 4. The van der Waals surface area contributed by atoms with Gasteiger partial charge in [0.15, 0.2) is 11.4 Å². The molecule has 6 aliphatic rings. The lowest BCUT2D eigenvalue weighted by atomic mass is 9.89. The molecule has 0 bridgehead atoms. The maximum Gasteiger partial charge on any atom is 0.737 e. The van der Waals surface area contributed by atoms with E-state index in [9.17, 15) is 19.2 Å². The largest absolute Gasteiger partial charge is 0.737 e. The molecule has 9 rings (SSSR count). The molecule has 1 saturated carbocycles. The average Bonchev–Trinajstić information content (AvgIpc) is 4.19. The van der Waals surface area contributed by atoms with E-state index in [1.807, 2.05) is 85.7 Å². The Bertz CT molecular complexity index is 2830. The molecule has 2 N–H and O–H groups in total. The number of ketones is 3. The Kier molecular flexibility index (Phi) is 16.3. The van der Waals surface area contributed by atoms with Crippen molar-refractivity contribution in [2.75, 3.05) is 0 Å². The van der Waals surface area contributed by atoms with Gasteiger partial charge in [0, 0.05) is 103 Å². The SMILES string of the molecule is CC(C)C(=O)CCCC[C@@H]1CC[C@@H]2NC(=O)N[C@H]12.CCc1ccc(-c2ccc3n2[B-](F)(F)[N+]2=C(C)C(CCC(=O)C(C)C)=C(C)C2=C3)cc1.Cc1cc(C)n2c1C=C1C=CC(CCC(=O)C(C)C)=[N+]1[B-]2(F)F. The Morgan fingerprint density at radius 1 is 0.736 bits per heavy atom. The van der Waals surface area contributed by atoms with Gasteiger partial charge in [-0.25, -0.2) is 4.79 Å². The van der Waals surface area contributed by atoms with Gasteiger partial charge in [0.1, 0.15) is 28.8 Å². The average molecular weight is 993 g/mol. The van der Waals surface area contributed by atoms with Crippen LogP contribution in [0.3, 0.4) is 0 Å². The second-order valence-corrected chi connectivity index (χ2v) is 21.5. The van der Waals surface area contributed by atoms with Gasteiger partial charge in [0.2, 0.25) is 0 Å². The van der Waals surface area contributed by atoms with Crippen LogP contribution in [0.15, 0.2) is 77.2 Å². The Hall–Kier alpha value is -5.79. The maximum atomic E-state index is 16.0. The van der Waals surface area contributed by atoms with Crippen LogP contribution in [0.5, 0.6) is 0 Å². The molecule has 1 saturated heterocycles. The summed E-state index contributed by atoms with van der Waals surface area (Å²) in [6, 6.07) is 13.8. The van der Waals surface area contributed by atoms with E-state index in [0.717, 1.165) is 63.3 Å². The van der Waals surface area contributed by atoms with E-state index in [1.165, 1.54) is 20.9 Å². The monoisotopic (exact) mass is 993 g/mol. The summed E-state index contributed by atoms with van der Waals surface area (Å²) in [5.74, 6) is 1.29. The zero-order chi connectivity index (χ0) is 52.6. The summed E-state index contributed by atoms with van der Waals surface area (Å²) < 4.78 is 66.9. The normalized spacial score (nSPS) is 20.8. The standard InChI is InChI=1S/C25H29BF2N2O.C17H21BF2N2O.C14H24N2O2/c1-6-19-7-9-20(10-8-19)23-13-11-21-15-24-17(4)22(12-14-25(31)16(2)3)18(5)29(24)26(27,28)30(21)23;1-11(2)17(23)8-7-14-5-6-15-10-16-12(3)9-13(4)21(16)18(19,20)22(14)15;1-9(2)12(17)6-4-3-5-10-7-8-11-13(10)16-14(18)15-11/h7-11,13,15-16H,6,12,14H2,1-5H3;5-6,9-11H,7-8H2,1-4H3;9-11,13H,3-8H2,1-2H3,(H2,15,16,18)/t;;10-,11+,13-/m..1/s1. The quantitative estimate of drug-likeness (QED) is 0.0846. The predicted molar refractivity (Wildman–Crippen MR) is 282 cm³/mol. The van der Waals surface area contributed by atoms with Gasteiger partial charge in [0.05, 0.1) is 12.1 Å². The molecule has 0 radical (unpaired) electrons. The number of unbranched alkanes of at least 4 members (excludes halogenated alkanes) is 1. The molecule has 2 aromatic heterocycles. The van der Waals surface area contributed by atoms with Crippen molar-refractivity contribution in [2.24, 2.45) is 23.7 Å². The van der Waals surface area contributed by atoms with Crippen molar-refractivity contribution in [3.8, 4) is 11.3 Å². The number of aromatic nitrogens is 2. The van der Waals surface area contributed by atoms with Crippen LogP contribution in [-0.4, -0.2) is 78.8 Å². The van der Waals surface area contributed by atoms with E-state index >= 15 is 17.3 Å². The number of hydrogen-bond acceptors (Lipinski definition) is 4. The van der Waals surface area contributed by atoms with Gasteiger partial charge in [-0.3, -0.25) is 14.4 Å². The number of Topliss-reactive ketones (excluding diaryl/α,β-unsaturated/α-hetero) is 3. The maximum absolute atomic E-state index is 16.0. The molecule has 2 amide bonds. The predicted octanol–water partition coefficient (Wildman–Crippen LogP) is 12.0. The first kappa shape index (κ1) is 54.0. The van der Waals surface area contributed by atoms with Crippen molar-refractivity contribution in [2.45, 2.75) is 159 Å². The van der Waals surface area contributed by atoms with Gasteiger partial charge in [-0.15, -0.1) is 0 Å². The number of hydrogen-bond donors (Lipinski definition) is 2. The zero-order valence-electron chi connectivity index (χ0n) is 44.2. The van der Waals surface area contributed by atoms with Crippen LogP contribution in [0.2, 0.25) is 0 Å². The van der Waals surface area contributed by atoms with Crippen molar-refractivity contribution in [3.05, 3.63) is 105 Å². The molecule has 1 aliphatic carbocycles. The van der Waals surface area contributed by atoms with Crippen LogP contribution in [0, 0.1) is 37.5 Å². The van der Waals surface area contributed by atoms with E-state index in [0.29, 0.717) is 101 Å². The molecule has 0 spiro atoms. The van der Waals surface area contributed by atoms with Gasteiger partial charge in [-0.1, -0.05) is 79.2 Å². The van der Waals surface area contributed by atoms with Crippen LogP contribution in [0.1, 0.15) is 155 Å². The second kappa shape index (κ2) is 21.7. The third-order valence-corrected chi connectivity index (χ3v) is 15.6. The van der Waals surface area contributed by atoms with Crippen LogP contribution in [0.25, 0.3) is 23.4 Å². The van der Waals surface area contributed by atoms with Crippen molar-refractivity contribution < 1.29 is 45.4 Å². The summed E-state index contributed by atoms with van der Waals surface area (Å²) >= 11 is 0. The molecular weight excluding hydrogens is 918 g/mol. The van der Waals surface area contributed by atoms with Gasteiger partial charge in [-0.2, -0.15) is 0 Å². The molecule has 0 unspecified atom stereocenters. The summed E-state index contributed by atoms with van der Waals surface area (Å²) in [4.78, 5) is 46.7. The van der Waals surface area contributed by atoms with E-state index in [-0.39, 0.29) is 35.4 Å². The Labute approximate surface area is 423 Å². The highest BCUT2D eigenvalue weighted by atomic mass is 19.3. The third-order valence-electron chi connectivity index (χ3n) is 15.6. The van der Waals surface area contributed by atoms with E-state index in [4.69, 9.17) is 0 Å². The minimum absolute atomic E-state index is 0.00955. The molecule has 5 aliphatic heterocycles. The first-order chi connectivity index (χ1) is 34.0. The lowest BCUT2D eigenvalue weighted by molar-refractivity contribution is -0.363. The molecule has 3 aromatic rings. The number of halogens is 4. The Morgan fingerprint density at radius 2 is 1.36 bits per heavy atom. The van der Waals surface area contributed by atoms with Gasteiger partial charge in [0.25, 0.3) is 0 Å². The van der Waals surface area contributed by atoms with Gasteiger partial charge >= 0.3 is 20.0 Å². The van der Waals surface area contributed by atoms with Crippen molar-refractivity contribution >= 4 is 60.9 Å². The highest BCUT2D eigenvalue weighted by Gasteiger charge is 2.55. The van der Waals surface area contributed by atoms with Crippen LogP contribution in [-0.2, 0) is 20.8 Å². The minimum Gasteiger partial charge on any atom is -0.394 e. The lowest BCUT2D eigenvalue weighted by Crippen LogP contribution is -2.50. The number of benzene rings is 1. The van der Waals surface area contributed by atoms with E-state index in [2.05, 4.69) is 17.6 Å². The highest BCUT2D eigenvalue weighted by molar-refractivity contribution is 6.59. The summed E-state index contributed by atoms with van der Waals surface area (Å²) in [6.45, 7) is 12.6. The number of nitrogens with zero attached hydrogens (tertiary/aromatic N) is 4. The van der Waals surface area contributed by atoms with Crippen molar-refractivity contribution in [3.63, 3.8) is 0 Å². The number of amides is 2. The molecule has 10 nitrogen and oxygen atoms in total. The first-order valence-corrected chi connectivity index (χ1v) is 26.3. The molecule has 16 heteroatoms. The summed E-state index contributed by atoms with van der Waals surface area (Å²) in [6.07, 6.45) is 15.7. The molecule has 1 aromatic carbocycles. The number of rotatable bonds is 16. The lowest BCUT2D eigenvalue weighted by Gasteiger charge is -2.31. The van der Waals surface area contributed by atoms with Crippen molar-refractivity contribution in [1.82, 2.24) is 19.6 Å². The second-order valence-electron chi connectivity index (χ2n) is 21.5.